The zero-order valence-electron chi connectivity index (χ0n) is 30.3. The zero-order chi connectivity index (χ0) is 37.0. The molecule has 0 aliphatic rings. The highest BCUT2D eigenvalue weighted by Crippen LogP contribution is 2.35. The van der Waals surface area contributed by atoms with Crippen molar-refractivity contribution in [3.05, 3.63) is 200 Å². The maximum absolute atomic E-state index is 5.47. The molecule has 0 bridgehead atoms. The normalized spacial score (nSPS) is 11.6. The molecule has 0 radical (unpaired) electrons. The highest BCUT2D eigenvalue weighted by Gasteiger charge is 2.19. The van der Waals surface area contributed by atoms with Crippen LogP contribution in [0.3, 0.4) is 0 Å². The molecule has 8 aromatic carbocycles. The molecule has 3 heterocycles. The Hall–Kier alpha value is -7.63. The van der Waals surface area contributed by atoms with Crippen LogP contribution in [0, 0.1) is 0 Å². The van der Waals surface area contributed by atoms with Gasteiger partial charge in [0.1, 0.15) is 0 Å². The second kappa shape index (κ2) is 13.0. The van der Waals surface area contributed by atoms with Gasteiger partial charge in [-0.25, -0.2) is 0 Å². The lowest BCUT2D eigenvalue weighted by atomic mass is 10.0. The predicted octanol–water partition coefficient (Wildman–Crippen LogP) is 12.8. The van der Waals surface area contributed by atoms with E-state index in [1.807, 2.05) is 6.07 Å². The van der Waals surface area contributed by atoms with Crippen LogP contribution in [0.5, 0.6) is 0 Å². The van der Waals surface area contributed by atoms with Gasteiger partial charge in [-0.3, -0.25) is 9.13 Å². The van der Waals surface area contributed by atoms with Crippen molar-refractivity contribution in [1.82, 2.24) is 24.1 Å². The van der Waals surface area contributed by atoms with E-state index in [9.17, 15) is 0 Å². The van der Waals surface area contributed by atoms with Crippen molar-refractivity contribution >= 4 is 65.2 Å². The fourth-order valence-electron chi connectivity index (χ4n) is 8.31. The molecule has 11 rings (SSSR count). The first-order chi connectivity index (χ1) is 27.8. The van der Waals surface area contributed by atoms with Crippen molar-refractivity contribution in [1.29, 1.82) is 0 Å². The fraction of sp³-hybridized carbons (Fsp3) is 0. The molecule has 0 N–H and O–H groups in total. The Kier molecular flexibility index (Phi) is 7.42. The summed E-state index contributed by atoms with van der Waals surface area (Å²) >= 11 is 0. The first-order valence-electron chi connectivity index (χ1n) is 18.9. The standard InChI is InChI=1S/C51H33N5/c1-2-16-34(17-3-1)35-30-32-36(33-31-35)49-52-50(54-51(53-49)56-47-28-14-10-24-43(47)44-25-11-15-29-48(44)56)55-45-26-12-8-22-41(45)39-20-6-4-18-37(39)38-19-5-7-21-40(38)42-23-9-13-27-46(42)55/h1-33H. The minimum atomic E-state index is 0.524. The SMILES string of the molecule is c1ccc(-c2ccc(-c3nc(-n4c5ccccc5c5ccccc5c5ccccc5c5ccccc54)nc(-n4c5ccccc5c5ccccc54)n3)cc2)cc1. The maximum Gasteiger partial charge on any atom is 0.240 e. The van der Waals surface area contributed by atoms with E-state index < -0.39 is 0 Å². The van der Waals surface area contributed by atoms with Crippen LogP contribution < -0.4 is 0 Å². The Labute approximate surface area is 322 Å². The molecule has 0 saturated heterocycles. The quantitative estimate of drug-likeness (QED) is 0.182. The Balaban J connectivity index is 1.31. The molecule has 0 spiro atoms. The van der Waals surface area contributed by atoms with Gasteiger partial charge in [0.15, 0.2) is 5.82 Å². The maximum atomic E-state index is 5.47. The van der Waals surface area contributed by atoms with Crippen molar-refractivity contribution < 1.29 is 0 Å². The van der Waals surface area contributed by atoms with Crippen molar-refractivity contribution in [3.8, 4) is 34.4 Å². The smallest absolute Gasteiger partial charge is 0.240 e. The molecular weight excluding hydrogens is 683 g/mol. The van der Waals surface area contributed by atoms with Crippen LogP contribution in [0.4, 0.5) is 0 Å². The molecule has 0 saturated carbocycles. The molecule has 11 aromatic rings. The van der Waals surface area contributed by atoms with E-state index >= 15 is 0 Å². The number of hydrogen-bond acceptors (Lipinski definition) is 3. The summed E-state index contributed by atoms with van der Waals surface area (Å²) in [4.78, 5) is 16.2. The number of nitrogens with zero attached hydrogens (tertiary/aromatic N) is 5. The van der Waals surface area contributed by atoms with Gasteiger partial charge in [-0.2, -0.15) is 15.0 Å². The van der Waals surface area contributed by atoms with E-state index in [-0.39, 0.29) is 0 Å². The third-order valence-electron chi connectivity index (χ3n) is 10.9. The molecule has 0 amide bonds. The minimum Gasteiger partial charge on any atom is -0.278 e. The lowest BCUT2D eigenvalue weighted by Crippen LogP contribution is -2.11. The highest BCUT2D eigenvalue weighted by atomic mass is 15.3. The zero-order valence-corrected chi connectivity index (χ0v) is 30.3. The third-order valence-corrected chi connectivity index (χ3v) is 10.9. The molecular formula is C51H33N5. The van der Waals surface area contributed by atoms with Crippen molar-refractivity contribution in [2.24, 2.45) is 0 Å². The van der Waals surface area contributed by atoms with Crippen molar-refractivity contribution in [2.75, 3.05) is 0 Å². The summed E-state index contributed by atoms with van der Waals surface area (Å²) in [7, 11) is 0. The predicted molar refractivity (Wildman–Crippen MR) is 232 cm³/mol. The van der Waals surface area contributed by atoms with Gasteiger partial charge in [-0.15, -0.1) is 0 Å². The van der Waals surface area contributed by atoms with Gasteiger partial charge in [0, 0.05) is 27.1 Å². The topological polar surface area (TPSA) is 48.5 Å². The number of aromatic nitrogens is 5. The van der Waals surface area contributed by atoms with Gasteiger partial charge in [0.2, 0.25) is 11.9 Å². The molecule has 0 atom stereocenters. The van der Waals surface area contributed by atoms with Gasteiger partial charge in [-0.1, -0.05) is 176 Å². The van der Waals surface area contributed by atoms with Gasteiger partial charge in [0.05, 0.1) is 22.1 Å². The average Bonchev–Trinajstić information content (AvgIpc) is 3.63. The molecule has 0 fully saturated rings. The molecule has 0 aliphatic carbocycles. The number of rotatable bonds is 4. The fourth-order valence-corrected chi connectivity index (χ4v) is 8.31. The summed E-state index contributed by atoms with van der Waals surface area (Å²) in [6.45, 7) is 0. The summed E-state index contributed by atoms with van der Waals surface area (Å²) in [5.74, 6) is 1.66. The summed E-state index contributed by atoms with van der Waals surface area (Å²) < 4.78 is 4.40. The van der Waals surface area contributed by atoms with Crippen LogP contribution in [0.15, 0.2) is 200 Å². The lowest BCUT2D eigenvalue weighted by Gasteiger charge is -2.15. The largest absolute Gasteiger partial charge is 0.278 e. The van der Waals surface area contributed by atoms with E-state index in [0.717, 1.165) is 71.1 Å². The van der Waals surface area contributed by atoms with Gasteiger partial charge >= 0.3 is 0 Å². The lowest BCUT2D eigenvalue weighted by molar-refractivity contribution is 0.891. The monoisotopic (exact) mass is 715 g/mol. The van der Waals surface area contributed by atoms with E-state index in [4.69, 9.17) is 15.0 Å². The van der Waals surface area contributed by atoms with E-state index in [0.29, 0.717) is 17.7 Å². The Morgan fingerprint density at radius 1 is 0.232 bits per heavy atom. The second-order valence-corrected chi connectivity index (χ2v) is 14.0. The first kappa shape index (κ1) is 31.9. The van der Waals surface area contributed by atoms with Crippen LogP contribution in [0.2, 0.25) is 0 Å². The van der Waals surface area contributed by atoms with Crippen LogP contribution in [0.1, 0.15) is 0 Å². The Bertz CT molecular complexity index is 3200. The summed E-state index contributed by atoms with van der Waals surface area (Å²) in [5.41, 5.74) is 7.21. The average molecular weight is 716 g/mol. The summed E-state index contributed by atoms with van der Waals surface area (Å²) in [5, 5.41) is 9.09. The summed E-state index contributed by atoms with van der Waals surface area (Å²) in [6.07, 6.45) is 0. The van der Waals surface area contributed by atoms with Crippen LogP contribution in [-0.2, 0) is 0 Å². The van der Waals surface area contributed by atoms with Crippen LogP contribution in [0.25, 0.3) is 99.6 Å². The Morgan fingerprint density at radius 3 is 0.929 bits per heavy atom. The molecule has 56 heavy (non-hydrogen) atoms. The van der Waals surface area contributed by atoms with Gasteiger partial charge < -0.3 is 0 Å². The molecule has 5 nitrogen and oxygen atoms in total. The van der Waals surface area contributed by atoms with Crippen LogP contribution >= 0.6 is 0 Å². The number of para-hydroxylation sites is 4. The Morgan fingerprint density at radius 2 is 0.518 bits per heavy atom. The number of fused-ring (bicyclic) bond motifs is 10. The number of benzene rings is 8. The summed E-state index contributed by atoms with van der Waals surface area (Å²) in [6, 6.07) is 70.5. The van der Waals surface area contributed by atoms with Crippen molar-refractivity contribution in [2.45, 2.75) is 0 Å². The third kappa shape index (κ3) is 5.13. The van der Waals surface area contributed by atoms with E-state index in [2.05, 4.69) is 203 Å². The minimum absolute atomic E-state index is 0.524. The van der Waals surface area contributed by atoms with Crippen LogP contribution in [-0.4, -0.2) is 24.1 Å². The van der Waals surface area contributed by atoms with Gasteiger partial charge in [-0.05, 0) is 56.9 Å². The van der Waals surface area contributed by atoms with E-state index in [1.165, 1.54) is 10.8 Å². The molecule has 0 aliphatic heterocycles. The van der Waals surface area contributed by atoms with E-state index in [1.54, 1.807) is 0 Å². The molecule has 3 aromatic heterocycles. The number of hydrogen-bond donors (Lipinski definition) is 0. The highest BCUT2D eigenvalue weighted by molar-refractivity contribution is 6.19. The molecule has 262 valence electrons. The first-order valence-corrected chi connectivity index (χ1v) is 18.9. The van der Waals surface area contributed by atoms with Crippen molar-refractivity contribution in [3.63, 3.8) is 0 Å². The van der Waals surface area contributed by atoms with Gasteiger partial charge in [0.25, 0.3) is 0 Å². The molecule has 0 unspecified atom stereocenters. The second-order valence-electron chi connectivity index (χ2n) is 14.0. The molecule has 5 heteroatoms.